The van der Waals surface area contributed by atoms with Crippen LogP contribution in [0.1, 0.15) is 35.1 Å². The molecule has 0 bridgehead atoms. The van der Waals surface area contributed by atoms with Crippen LogP contribution < -0.4 is 0 Å². The maximum atomic E-state index is 12.7. The summed E-state index contributed by atoms with van der Waals surface area (Å²) in [5, 5.41) is 9.51. The van der Waals surface area contributed by atoms with E-state index in [1.54, 1.807) is 24.3 Å². The molecule has 144 valence electrons. The van der Waals surface area contributed by atoms with Gasteiger partial charge in [-0.25, -0.2) is 8.42 Å². The minimum Gasteiger partial charge on any atom is -0.481 e. The number of carboxylic acids is 1. The lowest BCUT2D eigenvalue weighted by Crippen LogP contribution is -2.24. The second kappa shape index (κ2) is 8.03. The van der Waals surface area contributed by atoms with Crippen molar-refractivity contribution in [2.75, 3.05) is 5.75 Å². The molecule has 6 heteroatoms. The monoisotopic (exact) mass is 406 g/mol. The Hall–Kier alpha value is -1.85. The van der Waals surface area contributed by atoms with Crippen molar-refractivity contribution in [3.8, 4) is 0 Å². The molecule has 0 radical (unpaired) electrons. The Morgan fingerprint density at radius 1 is 1.19 bits per heavy atom. The molecule has 0 heterocycles. The Bertz CT molecular complexity index is 949. The zero-order valence-electron chi connectivity index (χ0n) is 15.2. The number of hydrogen-bond acceptors (Lipinski definition) is 3. The van der Waals surface area contributed by atoms with Gasteiger partial charge in [0, 0.05) is 11.4 Å². The summed E-state index contributed by atoms with van der Waals surface area (Å²) >= 11 is 5.85. The van der Waals surface area contributed by atoms with E-state index < -0.39 is 15.8 Å². The topological polar surface area (TPSA) is 71.4 Å². The molecule has 2 aromatic rings. The highest BCUT2D eigenvalue weighted by Crippen LogP contribution is 2.32. The van der Waals surface area contributed by atoms with E-state index in [1.807, 2.05) is 13.0 Å². The SMILES string of the molecule is Cc1ccc2c(c1CCC(=O)O)CC[C@@H](CS(=O)(=O)c1ccc(Cl)cc1)C2. The summed E-state index contributed by atoms with van der Waals surface area (Å²) in [4.78, 5) is 11.3. The molecule has 0 unspecified atom stereocenters. The number of benzene rings is 2. The smallest absolute Gasteiger partial charge is 0.303 e. The van der Waals surface area contributed by atoms with E-state index >= 15 is 0 Å². The number of aryl methyl sites for hydroxylation is 1. The van der Waals surface area contributed by atoms with Gasteiger partial charge < -0.3 is 5.11 Å². The maximum absolute atomic E-state index is 12.7. The molecule has 0 amide bonds. The molecule has 0 spiro atoms. The van der Waals surface area contributed by atoms with Crippen molar-refractivity contribution in [1.82, 2.24) is 0 Å². The van der Waals surface area contributed by atoms with Crippen LogP contribution in [-0.4, -0.2) is 25.2 Å². The standard InChI is InChI=1S/C21H23ClO4S/c1-14-2-4-16-12-15(3-9-20(16)19(14)10-11-21(23)24)13-27(25,26)18-7-5-17(22)6-8-18/h2,4-8,15H,3,9-13H2,1H3,(H,23,24)/t15-/m1/s1. The van der Waals surface area contributed by atoms with Gasteiger partial charge in [0.05, 0.1) is 10.6 Å². The Labute approximate surface area is 165 Å². The largest absolute Gasteiger partial charge is 0.481 e. The van der Waals surface area contributed by atoms with Crippen molar-refractivity contribution in [2.45, 2.75) is 43.9 Å². The molecule has 0 aliphatic heterocycles. The quantitative estimate of drug-likeness (QED) is 0.778. The second-order valence-electron chi connectivity index (χ2n) is 7.24. The van der Waals surface area contributed by atoms with Gasteiger partial charge in [0.15, 0.2) is 9.84 Å². The fourth-order valence-corrected chi connectivity index (χ4v) is 5.67. The number of sulfone groups is 1. The van der Waals surface area contributed by atoms with Crippen LogP contribution in [0.3, 0.4) is 0 Å². The van der Waals surface area contributed by atoms with E-state index in [0.29, 0.717) is 22.8 Å². The highest BCUT2D eigenvalue weighted by atomic mass is 35.5. The van der Waals surface area contributed by atoms with Crippen molar-refractivity contribution in [3.63, 3.8) is 0 Å². The summed E-state index contributed by atoms with van der Waals surface area (Å²) < 4.78 is 25.4. The normalized spacial score (nSPS) is 16.7. The predicted octanol–water partition coefficient (Wildman–Crippen LogP) is 4.24. The maximum Gasteiger partial charge on any atom is 0.303 e. The van der Waals surface area contributed by atoms with Crippen LogP contribution >= 0.6 is 11.6 Å². The highest BCUT2D eigenvalue weighted by Gasteiger charge is 2.27. The first-order valence-electron chi connectivity index (χ1n) is 9.06. The summed E-state index contributed by atoms with van der Waals surface area (Å²) in [5.41, 5.74) is 4.61. The summed E-state index contributed by atoms with van der Waals surface area (Å²) in [6.45, 7) is 2.01. The molecule has 0 saturated heterocycles. The number of aliphatic carboxylic acids is 1. The molecule has 1 N–H and O–H groups in total. The minimum absolute atomic E-state index is 0.0632. The lowest BCUT2D eigenvalue weighted by atomic mass is 9.80. The number of fused-ring (bicyclic) bond motifs is 1. The van der Waals surface area contributed by atoms with Gasteiger partial charge in [0.1, 0.15) is 0 Å². The summed E-state index contributed by atoms with van der Waals surface area (Å²) in [6.07, 6.45) is 2.95. The number of rotatable bonds is 6. The van der Waals surface area contributed by atoms with E-state index in [2.05, 4.69) is 6.07 Å². The first kappa shape index (κ1) is 19.9. The zero-order valence-corrected chi connectivity index (χ0v) is 16.8. The molecule has 1 aliphatic carbocycles. The van der Waals surface area contributed by atoms with Gasteiger partial charge in [0.2, 0.25) is 0 Å². The van der Waals surface area contributed by atoms with Gasteiger partial charge in [-0.3, -0.25) is 4.79 Å². The Morgan fingerprint density at radius 3 is 2.56 bits per heavy atom. The van der Waals surface area contributed by atoms with Crippen molar-refractivity contribution in [3.05, 3.63) is 63.7 Å². The molecule has 4 nitrogen and oxygen atoms in total. The molecule has 3 rings (SSSR count). The summed E-state index contributed by atoms with van der Waals surface area (Å²) in [7, 11) is -3.36. The second-order valence-corrected chi connectivity index (χ2v) is 9.71. The first-order valence-corrected chi connectivity index (χ1v) is 11.1. The van der Waals surface area contributed by atoms with Crippen LogP contribution in [0.4, 0.5) is 0 Å². The fraction of sp³-hybridized carbons (Fsp3) is 0.381. The van der Waals surface area contributed by atoms with Crippen molar-refractivity contribution in [2.24, 2.45) is 5.92 Å². The molecule has 2 aromatic carbocycles. The van der Waals surface area contributed by atoms with Crippen LogP contribution in [0, 0.1) is 12.8 Å². The van der Waals surface area contributed by atoms with Crippen molar-refractivity contribution in [1.29, 1.82) is 0 Å². The van der Waals surface area contributed by atoms with Crippen LogP contribution in [0.15, 0.2) is 41.3 Å². The molecule has 1 atom stereocenters. The number of halogens is 1. The number of carboxylic acid groups (broad SMARTS) is 1. The lowest BCUT2D eigenvalue weighted by molar-refractivity contribution is -0.136. The third kappa shape index (κ3) is 4.71. The third-order valence-electron chi connectivity index (χ3n) is 5.29. The highest BCUT2D eigenvalue weighted by molar-refractivity contribution is 7.91. The van der Waals surface area contributed by atoms with Crippen LogP contribution in [0.2, 0.25) is 5.02 Å². The van der Waals surface area contributed by atoms with E-state index in [0.717, 1.165) is 29.5 Å². The average Bonchev–Trinajstić information content (AvgIpc) is 2.61. The molecule has 0 saturated carbocycles. The van der Waals surface area contributed by atoms with Crippen molar-refractivity contribution < 1.29 is 18.3 Å². The van der Waals surface area contributed by atoms with Gasteiger partial charge in [-0.1, -0.05) is 23.7 Å². The van der Waals surface area contributed by atoms with Crippen LogP contribution in [-0.2, 0) is 33.9 Å². The van der Waals surface area contributed by atoms with E-state index in [9.17, 15) is 13.2 Å². The molecule has 0 aromatic heterocycles. The van der Waals surface area contributed by atoms with Gasteiger partial charge in [-0.2, -0.15) is 0 Å². The summed E-state index contributed by atoms with van der Waals surface area (Å²) in [5.74, 6) is -0.616. The number of carbonyl (C=O) groups is 1. The van der Waals surface area contributed by atoms with E-state index in [4.69, 9.17) is 16.7 Å². The van der Waals surface area contributed by atoms with Gasteiger partial charge in [-0.15, -0.1) is 0 Å². The van der Waals surface area contributed by atoms with Gasteiger partial charge in [0.25, 0.3) is 0 Å². The molecular formula is C21H23ClO4S. The van der Waals surface area contributed by atoms with E-state index in [-0.39, 0.29) is 18.1 Å². The summed E-state index contributed by atoms with van der Waals surface area (Å²) in [6, 6.07) is 10.4. The Balaban J connectivity index is 1.77. The lowest BCUT2D eigenvalue weighted by Gasteiger charge is -2.27. The Kier molecular flexibility index (Phi) is 5.92. The molecule has 27 heavy (non-hydrogen) atoms. The fourth-order valence-electron chi connectivity index (χ4n) is 3.89. The first-order chi connectivity index (χ1) is 12.8. The zero-order chi connectivity index (χ0) is 19.6. The predicted molar refractivity (Wildman–Crippen MR) is 106 cm³/mol. The molecule has 1 aliphatic rings. The van der Waals surface area contributed by atoms with Crippen molar-refractivity contribution >= 4 is 27.4 Å². The van der Waals surface area contributed by atoms with E-state index in [1.165, 1.54) is 5.56 Å². The molecule has 0 fully saturated rings. The van der Waals surface area contributed by atoms with Crippen LogP contribution in [0.25, 0.3) is 0 Å². The van der Waals surface area contributed by atoms with Gasteiger partial charge >= 0.3 is 5.97 Å². The average molecular weight is 407 g/mol. The van der Waals surface area contributed by atoms with Gasteiger partial charge in [-0.05, 0) is 85.0 Å². The van der Waals surface area contributed by atoms with Crippen LogP contribution in [0.5, 0.6) is 0 Å². The Morgan fingerprint density at radius 2 is 1.89 bits per heavy atom. The number of hydrogen-bond donors (Lipinski definition) is 1. The minimum atomic E-state index is -3.36. The third-order valence-corrected chi connectivity index (χ3v) is 7.44. The molecular weight excluding hydrogens is 384 g/mol.